The number of rotatable bonds is 12. The van der Waals surface area contributed by atoms with E-state index in [4.69, 9.17) is 17.7 Å². The molecule has 100 heavy (non-hydrogen) atoms. The van der Waals surface area contributed by atoms with Crippen molar-refractivity contribution in [2.75, 3.05) is 19.6 Å². The third-order valence-electron chi connectivity index (χ3n) is 21.2. The van der Waals surface area contributed by atoms with Gasteiger partial charge in [-0.2, -0.15) is 0 Å². The van der Waals surface area contributed by atoms with Gasteiger partial charge in [0, 0.05) is 99.4 Å². The Morgan fingerprint density at radius 1 is 0.210 bits per heavy atom. The predicted molar refractivity (Wildman–Crippen MR) is 422 cm³/mol. The Labute approximate surface area is 586 Å². The molecule has 12 aromatic carbocycles. The number of fused-ring (bicyclic) bond motifs is 4. The normalized spacial score (nSPS) is 12.6. The van der Waals surface area contributed by atoms with Crippen LogP contribution in [0.4, 0.5) is 68.2 Å². The first-order valence-electron chi connectivity index (χ1n) is 35.1. The minimum Gasteiger partial charge on any atom is -0.464 e. The van der Waals surface area contributed by atoms with Crippen LogP contribution in [0.5, 0.6) is 0 Å². The molecule has 0 saturated carbocycles. The molecule has 8 nitrogen and oxygen atoms in total. The topological polar surface area (TPSA) is 65.5 Å². The average molecular weight is 1310 g/mol. The van der Waals surface area contributed by atoms with Crippen molar-refractivity contribution in [2.24, 2.45) is 0 Å². The lowest BCUT2D eigenvalue weighted by atomic mass is 9.86. The highest BCUT2D eigenvalue weighted by Gasteiger charge is 2.33. The van der Waals surface area contributed by atoms with E-state index in [1.807, 2.05) is 25.1 Å². The summed E-state index contributed by atoms with van der Waals surface area (Å²) < 4.78 is 24.8. The molecule has 0 amide bonds. The van der Waals surface area contributed by atoms with Gasteiger partial charge in [-0.15, -0.1) is 0 Å². The summed E-state index contributed by atoms with van der Waals surface area (Å²) in [5, 5.41) is 10.8. The van der Waals surface area contributed by atoms with Gasteiger partial charge in [0.15, 0.2) is 0 Å². The van der Waals surface area contributed by atoms with Crippen LogP contribution in [0.3, 0.4) is 0 Å². The Morgan fingerprint density at radius 2 is 0.410 bits per heavy atom. The van der Waals surface area contributed by atoms with E-state index in [0.717, 1.165) is 167 Å². The Kier molecular flexibility index (Phi) is 14.9. The van der Waals surface area contributed by atoms with Crippen LogP contribution in [0.25, 0.3) is 76.2 Å². The van der Waals surface area contributed by atoms with Crippen molar-refractivity contribution in [3.8, 4) is 0 Å². The highest BCUT2D eigenvalue weighted by Crippen LogP contribution is 2.57. The summed E-state index contributed by atoms with van der Waals surface area (Å²) in [6.45, 7) is 36.4. The summed E-state index contributed by atoms with van der Waals surface area (Å²) in [6, 6.07) is 77.5. The molecule has 0 bridgehead atoms. The van der Waals surface area contributed by atoms with Crippen LogP contribution < -0.4 is 19.6 Å². The van der Waals surface area contributed by atoms with E-state index in [2.05, 4.69) is 337 Å². The Morgan fingerprint density at radius 3 is 0.600 bits per heavy atom. The first-order valence-corrected chi connectivity index (χ1v) is 35.1. The van der Waals surface area contributed by atoms with Crippen LogP contribution in [0.2, 0.25) is 0 Å². The van der Waals surface area contributed by atoms with E-state index < -0.39 is 0 Å². The van der Waals surface area contributed by atoms with Crippen molar-refractivity contribution in [1.29, 1.82) is 0 Å². The Balaban J connectivity index is 1.12. The number of benzene rings is 12. The zero-order valence-corrected chi connectivity index (χ0v) is 60.4. The number of nitrogens with zero attached hydrogens (tertiary/aromatic N) is 4. The summed E-state index contributed by atoms with van der Waals surface area (Å²) in [6.07, 6.45) is 7.24. The second-order valence-corrected chi connectivity index (χ2v) is 31.6. The lowest BCUT2D eigenvalue weighted by Crippen LogP contribution is -2.18. The molecule has 4 aromatic heterocycles. The molecule has 0 fully saturated rings. The van der Waals surface area contributed by atoms with Crippen molar-refractivity contribution in [3.63, 3.8) is 0 Å². The molecule has 16 rings (SSSR count). The molecule has 0 unspecified atom stereocenters. The highest BCUT2D eigenvalue weighted by atomic mass is 16.3. The van der Waals surface area contributed by atoms with Gasteiger partial charge in [0.2, 0.25) is 0 Å². The van der Waals surface area contributed by atoms with Gasteiger partial charge in [0.1, 0.15) is 22.3 Å². The minimum absolute atomic E-state index is 0.0851. The highest BCUT2D eigenvalue weighted by molar-refractivity contribution is 6.33. The van der Waals surface area contributed by atoms with Crippen LogP contribution in [-0.2, 0) is 21.7 Å². The summed E-state index contributed by atoms with van der Waals surface area (Å²) in [4.78, 5) is 10.0. The molecule has 0 spiro atoms. The molecule has 498 valence electrons. The molecule has 0 N–H and O–H groups in total. The first kappa shape index (κ1) is 63.8. The number of hydrogen-bond donors (Lipinski definition) is 0. The van der Waals surface area contributed by atoms with Gasteiger partial charge in [-0.3, -0.25) is 0 Å². The van der Waals surface area contributed by atoms with E-state index in [-0.39, 0.29) is 21.7 Å². The number of hydrogen-bond acceptors (Lipinski definition) is 8. The smallest absolute Gasteiger partial charge is 0.134 e. The zero-order valence-electron chi connectivity index (χ0n) is 60.4. The second kappa shape index (κ2) is 23.3. The van der Waals surface area contributed by atoms with Crippen LogP contribution in [0.1, 0.15) is 128 Å². The van der Waals surface area contributed by atoms with E-state index in [1.54, 1.807) is 0 Å². The number of furan rings is 4. The maximum atomic E-state index is 6.19. The van der Waals surface area contributed by atoms with Crippen molar-refractivity contribution in [2.45, 2.75) is 132 Å². The quantitative estimate of drug-likeness (QED) is 0.112. The largest absolute Gasteiger partial charge is 0.464 e. The van der Waals surface area contributed by atoms with Crippen molar-refractivity contribution in [3.05, 3.63) is 276 Å². The van der Waals surface area contributed by atoms with E-state index in [9.17, 15) is 0 Å². The third kappa shape index (κ3) is 10.6. The second-order valence-electron chi connectivity index (χ2n) is 31.6. The van der Waals surface area contributed by atoms with E-state index >= 15 is 0 Å². The molecule has 0 aliphatic heterocycles. The van der Waals surface area contributed by atoms with Crippen molar-refractivity contribution >= 4 is 144 Å². The number of anilines is 12. The van der Waals surface area contributed by atoms with Gasteiger partial charge in [-0.1, -0.05) is 156 Å². The minimum atomic E-state index is -0.0851. The molecule has 16 aromatic rings. The number of aryl methyl sites for hydroxylation is 4. The fraction of sp³-hybridized carbons (Fsp3) is 0.217. The van der Waals surface area contributed by atoms with Crippen LogP contribution in [0, 0.1) is 27.7 Å². The maximum Gasteiger partial charge on any atom is 0.134 e. The monoisotopic (exact) mass is 1310 g/mol. The lowest BCUT2D eigenvalue weighted by Gasteiger charge is -2.36. The Bertz CT molecular complexity index is 5100. The van der Waals surface area contributed by atoms with Crippen molar-refractivity contribution in [1.82, 2.24) is 0 Å². The fourth-order valence-electron chi connectivity index (χ4n) is 15.4. The van der Waals surface area contributed by atoms with Gasteiger partial charge in [0.05, 0.1) is 47.8 Å². The summed E-state index contributed by atoms with van der Waals surface area (Å²) in [5.41, 5.74) is 24.8. The molecule has 0 radical (unpaired) electrons. The molecular weight excluding hydrogens is 1230 g/mol. The summed E-state index contributed by atoms with van der Waals surface area (Å²) in [5.74, 6) is 0. The van der Waals surface area contributed by atoms with Crippen LogP contribution >= 0.6 is 0 Å². The van der Waals surface area contributed by atoms with Gasteiger partial charge >= 0.3 is 0 Å². The average Bonchev–Trinajstić information content (AvgIpc) is 0.752. The van der Waals surface area contributed by atoms with Gasteiger partial charge in [-0.05, 0) is 227 Å². The lowest BCUT2D eigenvalue weighted by molar-refractivity contribution is 0.590. The van der Waals surface area contributed by atoms with E-state index in [0.29, 0.717) is 0 Å². The van der Waals surface area contributed by atoms with Crippen LogP contribution in [0.15, 0.2) is 249 Å². The molecule has 0 aliphatic rings. The van der Waals surface area contributed by atoms with Crippen molar-refractivity contribution < 1.29 is 17.7 Å². The van der Waals surface area contributed by atoms with Crippen LogP contribution in [-0.4, -0.2) is 0 Å². The standard InChI is InChI=1S/C92H86N4O4/c1-55-67-45-49-97-83(67)41-37-75(55)93(63-25-17-59(18-26-63)89(5,6)7)79-53-80(94(64-27-19-60(20-28-64)90(8,9)10)76-38-42-84-68(56(76)2)46-50-98-84)72-35-36-74-82(96(66-31-23-62(24-32-66)92(14,15)16)78-40-44-86-70(58(78)4)48-52-100-86)54-81(73-34-33-71(79)87(72)88(73)74)95(65-29-21-61(22-30-65)91(11,12)13)77-39-43-85-69(57(77)3)47-51-99-85/h17-54H,1-16H3. The summed E-state index contributed by atoms with van der Waals surface area (Å²) >= 11 is 0. The first-order chi connectivity index (χ1) is 47.8. The molecule has 0 saturated heterocycles. The molecule has 0 atom stereocenters. The molecule has 0 aliphatic carbocycles. The predicted octanol–water partition coefficient (Wildman–Crippen LogP) is 27.9. The zero-order chi connectivity index (χ0) is 69.6. The van der Waals surface area contributed by atoms with E-state index in [1.165, 1.54) is 22.3 Å². The molecule has 4 heterocycles. The third-order valence-corrected chi connectivity index (χ3v) is 21.2. The molecule has 8 heteroatoms. The summed E-state index contributed by atoms with van der Waals surface area (Å²) in [7, 11) is 0. The van der Waals surface area contributed by atoms with Gasteiger partial charge < -0.3 is 37.3 Å². The fourth-order valence-corrected chi connectivity index (χ4v) is 15.4. The molecular formula is C92H86N4O4. The SMILES string of the molecule is Cc1c(N(c2ccc(C(C)(C)C)cc2)c2cc(N(c3ccc(C(C)(C)C)cc3)c3ccc4occc4c3C)c3ccc4c(N(c5ccc(C(C)(C)C)cc5)c5ccc6occc6c5C)cc(N(c5ccc(C(C)(C)C)cc5)c5ccc6occc6c5C)c5ccc2c3c54)ccc2occc12. The van der Waals surface area contributed by atoms with Gasteiger partial charge in [-0.25, -0.2) is 0 Å². The Hall–Kier alpha value is -11.0. The maximum absolute atomic E-state index is 6.19. The van der Waals surface area contributed by atoms with Gasteiger partial charge in [0.25, 0.3) is 0 Å².